The molecule has 0 aliphatic carbocycles. The summed E-state index contributed by atoms with van der Waals surface area (Å²) < 4.78 is 14.0. The zero-order chi connectivity index (χ0) is 24.0. The number of amides is 1. The first-order chi connectivity index (χ1) is 17.2. The third-order valence-corrected chi connectivity index (χ3v) is 6.76. The number of ether oxygens (including phenoxy) is 2. The molecule has 2 aromatic heterocycles. The Bertz CT molecular complexity index is 1310. The van der Waals surface area contributed by atoms with Crippen LogP contribution < -0.4 is 10.1 Å². The Morgan fingerprint density at radius 3 is 2.94 bits per heavy atom. The van der Waals surface area contributed by atoms with E-state index in [4.69, 9.17) is 9.47 Å². The zero-order valence-corrected chi connectivity index (χ0v) is 20.3. The molecule has 1 amide bonds. The molecule has 0 bridgehead atoms. The van der Waals surface area contributed by atoms with Crippen molar-refractivity contribution in [3.05, 3.63) is 72.2 Å². The molecule has 8 nitrogen and oxygen atoms in total. The SMILES string of the molecule is Cc1cccc(NC(=O)CSc2nnc(COc3cccc4cccnc34)n2C[C@H]2CCCO2)c1. The lowest BCUT2D eigenvalue weighted by atomic mass is 10.2. The minimum Gasteiger partial charge on any atom is -0.483 e. The largest absolute Gasteiger partial charge is 0.483 e. The highest BCUT2D eigenvalue weighted by Gasteiger charge is 2.22. The summed E-state index contributed by atoms with van der Waals surface area (Å²) in [5.41, 5.74) is 2.69. The van der Waals surface area contributed by atoms with Crippen LogP contribution in [0.2, 0.25) is 0 Å². The molecule has 35 heavy (non-hydrogen) atoms. The van der Waals surface area contributed by atoms with Crippen LogP contribution in [0, 0.1) is 6.92 Å². The Labute approximate surface area is 208 Å². The molecule has 9 heteroatoms. The average Bonchev–Trinajstić information content (AvgIpc) is 3.52. The van der Waals surface area contributed by atoms with Gasteiger partial charge in [-0.2, -0.15) is 0 Å². The number of hydrogen-bond acceptors (Lipinski definition) is 7. The summed E-state index contributed by atoms with van der Waals surface area (Å²) in [6, 6.07) is 17.5. The Balaban J connectivity index is 1.29. The van der Waals surface area contributed by atoms with Gasteiger partial charge in [0.05, 0.1) is 18.4 Å². The summed E-state index contributed by atoms with van der Waals surface area (Å²) >= 11 is 1.36. The van der Waals surface area contributed by atoms with Crippen LogP contribution in [0.5, 0.6) is 5.75 Å². The fourth-order valence-corrected chi connectivity index (χ4v) is 4.86. The molecule has 0 spiro atoms. The third kappa shape index (κ3) is 5.80. The standard InChI is InChI=1S/C26H27N5O3S/c1-18-6-2-9-20(14-18)28-24(32)17-35-26-30-29-23(31(26)15-21-10-5-13-33-21)16-34-22-11-3-7-19-8-4-12-27-25(19)22/h2-4,6-9,11-12,14,21H,5,10,13,15-17H2,1H3,(H,28,32)/t21-/m1/s1. The smallest absolute Gasteiger partial charge is 0.234 e. The fourth-order valence-electron chi connectivity index (χ4n) is 4.09. The molecule has 0 unspecified atom stereocenters. The number of nitrogens with one attached hydrogen (secondary N) is 1. The summed E-state index contributed by atoms with van der Waals surface area (Å²) in [5, 5.41) is 13.4. The minimum atomic E-state index is -0.0908. The van der Waals surface area contributed by atoms with Gasteiger partial charge in [0.1, 0.15) is 17.9 Å². The van der Waals surface area contributed by atoms with Gasteiger partial charge in [0.15, 0.2) is 11.0 Å². The predicted octanol–water partition coefficient (Wildman–Crippen LogP) is 4.62. The predicted molar refractivity (Wildman–Crippen MR) is 136 cm³/mol. The van der Waals surface area contributed by atoms with Gasteiger partial charge in [0.2, 0.25) is 5.91 Å². The molecular weight excluding hydrogens is 462 g/mol. The van der Waals surface area contributed by atoms with E-state index in [9.17, 15) is 4.79 Å². The van der Waals surface area contributed by atoms with Gasteiger partial charge in [0.25, 0.3) is 0 Å². The highest BCUT2D eigenvalue weighted by atomic mass is 32.2. The van der Waals surface area contributed by atoms with E-state index in [-0.39, 0.29) is 24.4 Å². The van der Waals surface area contributed by atoms with Crippen LogP contribution in [0.4, 0.5) is 5.69 Å². The number of pyridine rings is 1. The molecule has 1 saturated heterocycles. The first kappa shape index (κ1) is 23.3. The van der Waals surface area contributed by atoms with Gasteiger partial charge >= 0.3 is 0 Å². The molecule has 2 aromatic carbocycles. The number of rotatable bonds is 9. The van der Waals surface area contributed by atoms with Crippen molar-refractivity contribution in [1.82, 2.24) is 19.7 Å². The topological polar surface area (TPSA) is 91.2 Å². The molecule has 1 aliphatic rings. The Morgan fingerprint density at radius 2 is 2.09 bits per heavy atom. The number of aryl methyl sites for hydroxylation is 1. The monoisotopic (exact) mass is 489 g/mol. The lowest BCUT2D eigenvalue weighted by Gasteiger charge is -2.15. The Hall–Kier alpha value is -3.43. The molecule has 0 saturated carbocycles. The first-order valence-corrected chi connectivity index (χ1v) is 12.6. The van der Waals surface area contributed by atoms with Crippen molar-refractivity contribution in [2.24, 2.45) is 0 Å². The van der Waals surface area contributed by atoms with Crippen molar-refractivity contribution in [3.63, 3.8) is 0 Å². The number of fused-ring (bicyclic) bond motifs is 1. The molecular formula is C26H27N5O3S. The second-order valence-corrected chi connectivity index (χ2v) is 9.41. The van der Waals surface area contributed by atoms with Crippen molar-refractivity contribution in [2.45, 2.75) is 44.2 Å². The number of hydrogen-bond donors (Lipinski definition) is 1. The van der Waals surface area contributed by atoms with E-state index in [1.807, 2.05) is 66.1 Å². The summed E-state index contributed by atoms with van der Waals surface area (Å²) in [6.07, 6.45) is 3.89. The van der Waals surface area contributed by atoms with Crippen LogP contribution >= 0.6 is 11.8 Å². The van der Waals surface area contributed by atoms with E-state index in [0.29, 0.717) is 23.3 Å². The quantitative estimate of drug-likeness (QED) is 0.343. The van der Waals surface area contributed by atoms with Crippen molar-refractivity contribution < 1.29 is 14.3 Å². The lowest BCUT2D eigenvalue weighted by Crippen LogP contribution is -2.19. The normalized spacial score (nSPS) is 15.4. The van der Waals surface area contributed by atoms with Gasteiger partial charge < -0.3 is 19.4 Å². The van der Waals surface area contributed by atoms with Crippen LogP contribution in [0.25, 0.3) is 10.9 Å². The third-order valence-electron chi connectivity index (χ3n) is 5.79. The van der Waals surface area contributed by atoms with E-state index in [0.717, 1.165) is 41.6 Å². The van der Waals surface area contributed by atoms with E-state index in [1.165, 1.54) is 11.8 Å². The zero-order valence-electron chi connectivity index (χ0n) is 19.5. The van der Waals surface area contributed by atoms with Crippen LogP contribution in [-0.2, 0) is 22.7 Å². The summed E-state index contributed by atoms with van der Waals surface area (Å²) in [6.45, 7) is 3.63. The van der Waals surface area contributed by atoms with Crippen molar-refractivity contribution in [1.29, 1.82) is 0 Å². The number of carbonyl (C=O) groups is 1. The van der Waals surface area contributed by atoms with E-state index in [1.54, 1.807) is 6.20 Å². The molecule has 1 aliphatic heterocycles. The summed E-state index contributed by atoms with van der Waals surface area (Å²) in [5.74, 6) is 1.52. The van der Waals surface area contributed by atoms with Crippen molar-refractivity contribution >= 4 is 34.3 Å². The van der Waals surface area contributed by atoms with E-state index < -0.39 is 0 Å². The maximum absolute atomic E-state index is 12.5. The van der Waals surface area contributed by atoms with Crippen LogP contribution in [0.1, 0.15) is 24.2 Å². The molecule has 3 heterocycles. The molecule has 1 fully saturated rings. The van der Waals surface area contributed by atoms with Gasteiger partial charge in [-0.15, -0.1) is 10.2 Å². The van der Waals surface area contributed by atoms with E-state index >= 15 is 0 Å². The molecule has 4 aromatic rings. The van der Waals surface area contributed by atoms with Gasteiger partial charge in [-0.05, 0) is 49.6 Å². The molecule has 1 N–H and O–H groups in total. The highest BCUT2D eigenvalue weighted by Crippen LogP contribution is 2.26. The van der Waals surface area contributed by atoms with Crippen LogP contribution in [0.3, 0.4) is 0 Å². The first-order valence-electron chi connectivity index (χ1n) is 11.7. The fraction of sp³-hybridized carbons (Fsp3) is 0.308. The maximum Gasteiger partial charge on any atom is 0.234 e. The van der Waals surface area contributed by atoms with Crippen LogP contribution in [-0.4, -0.2) is 44.1 Å². The van der Waals surface area contributed by atoms with Crippen molar-refractivity contribution in [3.8, 4) is 5.75 Å². The summed E-state index contributed by atoms with van der Waals surface area (Å²) in [4.78, 5) is 17.0. The Kier molecular flexibility index (Phi) is 7.25. The number of benzene rings is 2. The average molecular weight is 490 g/mol. The second-order valence-electron chi connectivity index (χ2n) is 8.47. The Morgan fingerprint density at radius 1 is 1.20 bits per heavy atom. The molecule has 5 rings (SSSR count). The number of anilines is 1. The van der Waals surface area contributed by atoms with Gasteiger partial charge in [-0.25, -0.2) is 0 Å². The number of para-hydroxylation sites is 1. The number of nitrogens with zero attached hydrogens (tertiary/aromatic N) is 4. The van der Waals surface area contributed by atoms with Crippen molar-refractivity contribution in [2.75, 3.05) is 17.7 Å². The van der Waals surface area contributed by atoms with Crippen LogP contribution in [0.15, 0.2) is 66.0 Å². The van der Waals surface area contributed by atoms with Gasteiger partial charge in [-0.3, -0.25) is 9.78 Å². The highest BCUT2D eigenvalue weighted by molar-refractivity contribution is 7.99. The van der Waals surface area contributed by atoms with E-state index in [2.05, 4.69) is 20.5 Å². The molecule has 1 atom stereocenters. The summed E-state index contributed by atoms with van der Waals surface area (Å²) in [7, 11) is 0. The minimum absolute atomic E-state index is 0.0908. The number of aromatic nitrogens is 4. The molecule has 180 valence electrons. The number of thioether (sulfide) groups is 1. The molecule has 0 radical (unpaired) electrons. The number of carbonyl (C=O) groups excluding carboxylic acids is 1. The maximum atomic E-state index is 12.5. The van der Waals surface area contributed by atoms with Gasteiger partial charge in [0, 0.05) is 23.9 Å². The van der Waals surface area contributed by atoms with Gasteiger partial charge in [-0.1, -0.05) is 42.1 Å². The lowest BCUT2D eigenvalue weighted by molar-refractivity contribution is -0.113. The second kappa shape index (κ2) is 10.9.